The Kier molecular flexibility index (Phi) is 5.50. The molecule has 6 unspecified atom stereocenters. The maximum Gasteiger partial charge on any atom is 0.336 e. The first kappa shape index (κ1) is 21.5. The van der Waals surface area contributed by atoms with E-state index in [4.69, 9.17) is 0 Å². The topological polar surface area (TPSA) is 37.3 Å². The van der Waals surface area contributed by atoms with Gasteiger partial charge in [0.15, 0.2) is 0 Å². The Morgan fingerprint density at radius 1 is 0.935 bits per heavy atom. The van der Waals surface area contributed by atoms with Crippen molar-refractivity contribution in [3.8, 4) is 0 Å². The van der Waals surface area contributed by atoms with Crippen molar-refractivity contribution < 1.29 is 9.90 Å². The summed E-state index contributed by atoms with van der Waals surface area (Å²) in [4.78, 5) is 13.0. The molecule has 31 heavy (non-hydrogen) atoms. The van der Waals surface area contributed by atoms with E-state index in [1.807, 2.05) is 0 Å². The highest BCUT2D eigenvalue weighted by Gasteiger charge is 2.50. The van der Waals surface area contributed by atoms with Gasteiger partial charge in [0, 0.05) is 0 Å². The van der Waals surface area contributed by atoms with Crippen LogP contribution in [-0.4, -0.2) is 11.1 Å². The molecular weight excluding hydrogens is 380 g/mol. The van der Waals surface area contributed by atoms with Gasteiger partial charge in [-0.3, -0.25) is 0 Å². The standard InChI is InChI=1S/C29H42O2/c1-4-21-13-22-7-6-10-28(16-21,17-22)24-8-5-9-25(26(24)27(30)31)29-14-19(2)11-23(18-29)12-20(3)15-29/h5,8-9,19-23H,4,6-7,10-18H2,1-3H3,(H,30,31)/t19-,20?,21?,22?,23?,28?,29?/m1/s1. The van der Waals surface area contributed by atoms with Crippen molar-refractivity contribution in [2.24, 2.45) is 29.6 Å². The van der Waals surface area contributed by atoms with E-state index in [9.17, 15) is 9.90 Å². The van der Waals surface area contributed by atoms with Gasteiger partial charge in [0.05, 0.1) is 5.56 Å². The zero-order valence-electron chi connectivity index (χ0n) is 20.0. The molecule has 0 spiro atoms. The van der Waals surface area contributed by atoms with Crippen molar-refractivity contribution in [2.45, 2.75) is 109 Å². The molecule has 0 heterocycles. The van der Waals surface area contributed by atoms with E-state index in [1.165, 1.54) is 88.2 Å². The van der Waals surface area contributed by atoms with Gasteiger partial charge in [-0.25, -0.2) is 4.79 Å². The molecule has 1 aromatic carbocycles. The fraction of sp³-hybridized carbons (Fsp3) is 0.759. The average molecular weight is 423 g/mol. The molecule has 4 aliphatic carbocycles. The van der Waals surface area contributed by atoms with Crippen LogP contribution in [0.4, 0.5) is 0 Å². The van der Waals surface area contributed by atoms with Crippen LogP contribution in [0.25, 0.3) is 0 Å². The predicted octanol–water partition coefficient (Wildman–Crippen LogP) is 7.74. The molecule has 1 aromatic rings. The van der Waals surface area contributed by atoms with E-state index in [0.29, 0.717) is 11.8 Å². The second-order valence-electron chi connectivity index (χ2n) is 12.4. The predicted molar refractivity (Wildman–Crippen MR) is 127 cm³/mol. The smallest absolute Gasteiger partial charge is 0.336 e. The molecule has 1 N–H and O–H groups in total. The molecule has 0 radical (unpaired) electrons. The quantitative estimate of drug-likeness (QED) is 0.539. The first-order chi connectivity index (χ1) is 14.8. The molecule has 0 amide bonds. The number of benzene rings is 1. The maximum absolute atomic E-state index is 13.0. The molecular formula is C29H42O2. The Balaban J connectivity index is 1.64. The van der Waals surface area contributed by atoms with E-state index >= 15 is 0 Å². The van der Waals surface area contributed by atoms with Crippen LogP contribution in [0, 0.1) is 29.6 Å². The number of fused-ring (bicyclic) bond motifs is 4. The van der Waals surface area contributed by atoms with E-state index in [1.54, 1.807) is 0 Å². The zero-order valence-corrected chi connectivity index (χ0v) is 20.0. The van der Waals surface area contributed by atoms with Crippen LogP contribution in [-0.2, 0) is 10.8 Å². The van der Waals surface area contributed by atoms with Crippen LogP contribution >= 0.6 is 0 Å². The molecule has 0 aromatic heterocycles. The lowest BCUT2D eigenvalue weighted by Gasteiger charge is -2.52. The summed E-state index contributed by atoms with van der Waals surface area (Å²) >= 11 is 0. The van der Waals surface area contributed by atoms with Crippen molar-refractivity contribution in [1.82, 2.24) is 0 Å². The summed E-state index contributed by atoms with van der Waals surface area (Å²) in [6, 6.07) is 6.67. The molecule has 5 rings (SSSR count). The fourth-order valence-electron chi connectivity index (χ4n) is 9.35. The van der Waals surface area contributed by atoms with Crippen molar-refractivity contribution in [3.05, 3.63) is 34.9 Å². The number of carboxylic acid groups (broad SMARTS) is 1. The lowest BCUT2D eigenvalue weighted by atomic mass is 9.52. The van der Waals surface area contributed by atoms with Gasteiger partial charge >= 0.3 is 5.97 Å². The summed E-state index contributed by atoms with van der Waals surface area (Å²) in [7, 11) is 0. The van der Waals surface area contributed by atoms with Crippen molar-refractivity contribution in [2.75, 3.05) is 0 Å². The third-order valence-corrected chi connectivity index (χ3v) is 9.92. The van der Waals surface area contributed by atoms with Gasteiger partial charge in [-0.2, -0.15) is 0 Å². The Morgan fingerprint density at radius 3 is 2.23 bits per heavy atom. The molecule has 2 heteroatoms. The molecule has 4 bridgehead atoms. The second-order valence-corrected chi connectivity index (χ2v) is 12.4. The average Bonchev–Trinajstić information content (AvgIpc) is 2.71. The lowest BCUT2D eigenvalue weighted by Crippen LogP contribution is -2.45. The molecule has 2 nitrogen and oxygen atoms in total. The number of rotatable bonds is 4. The highest BCUT2D eigenvalue weighted by Crippen LogP contribution is 2.58. The van der Waals surface area contributed by atoms with Gasteiger partial charge in [0.1, 0.15) is 0 Å². The van der Waals surface area contributed by atoms with Gasteiger partial charge < -0.3 is 5.11 Å². The van der Waals surface area contributed by atoms with Gasteiger partial charge in [0.2, 0.25) is 0 Å². The lowest BCUT2D eigenvalue weighted by molar-refractivity contribution is 0.0628. The summed E-state index contributed by atoms with van der Waals surface area (Å²) in [5.74, 6) is 3.07. The van der Waals surface area contributed by atoms with E-state index in [0.717, 1.165) is 23.3 Å². The van der Waals surface area contributed by atoms with Crippen LogP contribution in [0.3, 0.4) is 0 Å². The number of carbonyl (C=O) groups is 1. The molecule has 0 aliphatic heterocycles. The normalized spacial score (nSPS) is 42.2. The first-order valence-corrected chi connectivity index (χ1v) is 13.2. The highest BCUT2D eigenvalue weighted by atomic mass is 16.4. The molecule has 170 valence electrons. The minimum Gasteiger partial charge on any atom is -0.478 e. The molecule has 7 atom stereocenters. The van der Waals surface area contributed by atoms with Crippen LogP contribution < -0.4 is 0 Å². The fourth-order valence-corrected chi connectivity index (χ4v) is 9.35. The monoisotopic (exact) mass is 422 g/mol. The number of aromatic carboxylic acids is 1. The van der Waals surface area contributed by atoms with Crippen molar-refractivity contribution in [3.63, 3.8) is 0 Å². The Bertz CT molecular complexity index is 822. The van der Waals surface area contributed by atoms with Crippen LogP contribution in [0.5, 0.6) is 0 Å². The van der Waals surface area contributed by atoms with Crippen molar-refractivity contribution >= 4 is 5.97 Å². The number of hydrogen-bond donors (Lipinski definition) is 1. The summed E-state index contributed by atoms with van der Waals surface area (Å²) in [5.41, 5.74) is 3.32. The highest BCUT2D eigenvalue weighted by molar-refractivity contribution is 5.92. The van der Waals surface area contributed by atoms with E-state index < -0.39 is 5.97 Å². The molecule has 4 aliphatic rings. The SMILES string of the molecule is CCC1CC2CCCC(c3cccc(C45CC(C)CC(C[C@@H](C)C4)C5)c3C(=O)O)(C1)C2. The van der Waals surface area contributed by atoms with Gasteiger partial charge in [-0.05, 0) is 109 Å². The third kappa shape index (κ3) is 3.66. The van der Waals surface area contributed by atoms with Gasteiger partial charge in [-0.1, -0.05) is 58.2 Å². The van der Waals surface area contributed by atoms with E-state index in [-0.39, 0.29) is 10.8 Å². The van der Waals surface area contributed by atoms with Gasteiger partial charge in [0.25, 0.3) is 0 Å². The summed E-state index contributed by atoms with van der Waals surface area (Å²) in [6.45, 7) is 7.14. The minimum absolute atomic E-state index is 0.0767. The third-order valence-electron chi connectivity index (χ3n) is 9.92. The summed E-state index contributed by atoms with van der Waals surface area (Å²) in [6.07, 6.45) is 15.0. The maximum atomic E-state index is 13.0. The van der Waals surface area contributed by atoms with Crippen molar-refractivity contribution in [1.29, 1.82) is 0 Å². The minimum atomic E-state index is -0.664. The zero-order chi connectivity index (χ0) is 21.8. The Hall–Kier alpha value is -1.31. The van der Waals surface area contributed by atoms with Crippen LogP contribution in [0.1, 0.15) is 119 Å². The van der Waals surface area contributed by atoms with Crippen LogP contribution in [0.2, 0.25) is 0 Å². The largest absolute Gasteiger partial charge is 0.478 e. The Morgan fingerprint density at radius 2 is 1.58 bits per heavy atom. The number of carboxylic acids is 1. The Labute approximate surface area is 189 Å². The molecule has 0 saturated heterocycles. The van der Waals surface area contributed by atoms with E-state index in [2.05, 4.69) is 39.0 Å². The van der Waals surface area contributed by atoms with Crippen LogP contribution in [0.15, 0.2) is 18.2 Å². The summed E-state index contributed by atoms with van der Waals surface area (Å²) in [5, 5.41) is 10.7. The summed E-state index contributed by atoms with van der Waals surface area (Å²) < 4.78 is 0. The second kappa shape index (κ2) is 7.92. The number of hydrogen-bond acceptors (Lipinski definition) is 1. The molecule has 4 saturated carbocycles. The molecule has 4 fully saturated rings. The van der Waals surface area contributed by atoms with Gasteiger partial charge in [-0.15, -0.1) is 0 Å². The first-order valence-electron chi connectivity index (χ1n) is 13.2.